The lowest BCUT2D eigenvalue weighted by Crippen LogP contribution is -2.37. The summed E-state index contributed by atoms with van der Waals surface area (Å²) in [7, 11) is 0. The van der Waals surface area contributed by atoms with Gasteiger partial charge in [-0.2, -0.15) is 0 Å². The Morgan fingerprint density at radius 3 is 2.67 bits per heavy atom. The van der Waals surface area contributed by atoms with E-state index in [0.717, 1.165) is 43.3 Å². The standard InChI is InChI=1S/C30H44O6/c1-7-35-28(34)36-29(4,5)27(33)15-10-19(2)24-13-14-25-21(9-8-16-30(24,25)6)11-12-22-17-23(31)18-26(32)20(22)3/h10-12,15,19,23-26,31-32H,3,7-9,13-14,16-18H2,1-2,4-6H3/b15-10+,21-11+,22-12-/t19-,23?,24-,25+,26?,30-/m1/s1. The summed E-state index contributed by atoms with van der Waals surface area (Å²) >= 11 is 0. The maximum absolute atomic E-state index is 12.8. The lowest BCUT2D eigenvalue weighted by Gasteiger charge is -2.44. The van der Waals surface area contributed by atoms with Crippen LogP contribution in [0.1, 0.15) is 79.6 Å². The van der Waals surface area contributed by atoms with Crippen molar-refractivity contribution in [2.75, 3.05) is 6.61 Å². The second-order valence-corrected chi connectivity index (χ2v) is 11.5. The fourth-order valence-electron chi connectivity index (χ4n) is 6.59. The van der Waals surface area contributed by atoms with E-state index >= 15 is 0 Å². The van der Waals surface area contributed by atoms with E-state index in [1.54, 1.807) is 26.8 Å². The molecular weight excluding hydrogens is 456 g/mol. The fourth-order valence-corrected chi connectivity index (χ4v) is 6.59. The van der Waals surface area contributed by atoms with Gasteiger partial charge in [0.2, 0.25) is 0 Å². The highest BCUT2D eigenvalue weighted by atomic mass is 16.7. The number of aliphatic hydroxyl groups excluding tert-OH is 2. The minimum absolute atomic E-state index is 0.148. The first-order valence-electron chi connectivity index (χ1n) is 13.4. The lowest BCUT2D eigenvalue weighted by atomic mass is 9.61. The summed E-state index contributed by atoms with van der Waals surface area (Å²) in [4.78, 5) is 24.5. The van der Waals surface area contributed by atoms with Gasteiger partial charge in [0.15, 0.2) is 11.4 Å². The van der Waals surface area contributed by atoms with E-state index in [1.165, 1.54) is 5.57 Å². The Balaban J connectivity index is 1.71. The summed E-state index contributed by atoms with van der Waals surface area (Å²) in [5.74, 6) is 0.888. The zero-order chi connectivity index (χ0) is 26.7. The number of allylic oxidation sites excluding steroid dienone is 4. The molecule has 3 saturated carbocycles. The Bertz CT molecular complexity index is 941. The molecule has 3 aliphatic carbocycles. The second kappa shape index (κ2) is 11.5. The van der Waals surface area contributed by atoms with Crippen molar-refractivity contribution in [3.8, 4) is 0 Å². The quantitative estimate of drug-likeness (QED) is 0.337. The predicted molar refractivity (Wildman–Crippen MR) is 140 cm³/mol. The summed E-state index contributed by atoms with van der Waals surface area (Å²) in [6.07, 6.45) is 12.3. The summed E-state index contributed by atoms with van der Waals surface area (Å²) < 4.78 is 10.0. The molecule has 3 aliphatic rings. The van der Waals surface area contributed by atoms with Crippen molar-refractivity contribution in [1.82, 2.24) is 0 Å². The van der Waals surface area contributed by atoms with E-state index in [1.807, 2.05) is 6.08 Å². The molecule has 36 heavy (non-hydrogen) atoms. The number of fused-ring (bicyclic) bond motifs is 1. The van der Waals surface area contributed by atoms with Gasteiger partial charge in [0.1, 0.15) is 0 Å². The SMILES string of the molecule is C=C1/C(=C\C=C2/CCC[C@]3(C)[C@@H]([C@H](C)/C=C/C(=O)C(C)(C)OC(=O)OCC)CC[C@@H]23)CC(O)CC1O. The van der Waals surface area contributed by atoms with E-state index in [2.05, 4.69) is 32.6 Å². The average molecular weight is 501 g/mol. The zero-order valence-corrected chi connectivity index (χ0v) is 22.6. The van der Waals surface area contributed by atoms with Gasteiger partial charge < -0.3 is 19.7 Å². The molecule has 0 radical (unpaired) electrons. The third kappa shape index (κ3) is 6.20. The molecule has 0 saturated heterocycles. The minimum atomic E-state index is -1.27. The monoisotopic (exact) mass is 500 g/mol. The van der Waals surface area contributed by atoms with Gasteiger partial charge in [0, 0.05) is 6.42 Å². The van der Waals surface area contributed by atoms with Crippen LogP contribution in [-0.2, 0) is 14.3 Å². The number of hydrogen-bond donors (Lipinski definition) is 2. The summed E-state index contributed by atoms with van der Waals surface area (Å²) in [5, 5.41) is 20.2. The molecule has 0 aromatic carbocycles. The Labute approximate surface area is 216 Å². The third-order valence-electron chi connectivity index (χ3n) is 8.68. The van der Waals surface area contributed by atoms with E-state index in [-0.39, 0.29) is 23.7 Å². The number of carbonyl (C=O) groups excluding carboxylic acids is 2. The molecule has 3 fully saturated rings. The van der Waals surface area contributed by atoms with Crippen LogP contribution >= 0.6 is 0 Å². The zero-order valence-electron chi connectivity index (χ0n) is 22.6. The molecule has 200 valence electrons. The van der Waals surface area contributed by atoms with E-state index < -0.39 is 24.0 Å². The van der Waals surface area contributed by atoms with E-state index in [0.29, 0.717) is 24.7 Å². The molecule has 0 aromatic heterocycles. The molecule has 0 amide bonds. The van der Waals surface area contributed by atoms with Gasteiger partial charge >= 0.3 is 6.16 Å². The van der Waals surface area contributed by atoms with Gasteiger partial charge in [-0.3, -0.25) is 4.79 Å². The van der Waals surface area contributed by atoms with Gasteiger partial charge in [-0.25, -0.2) is 4.79 Å². The molecule has 2 N–H and O–H groups in total. The maximum Gasteiger partial charge on any atom is 0.509 e. The molecule has 0 heterocycles. The molecular formula is C30H44O6. The van der Waals surface area contributed by atoms with Gasteiger partial charge in [-0.15, -0.1) is 0 Å². The van der Waals surface area contributed by atoms with Crippen LogP contribution in [0.3, 0.4) is 0 Å². The van der Waals surface area contributed by atoms with Crippen LogP contribution in [-0.4, -0.2) is 46.6 Å². The Morgan fingerprint density at radius 1 is 1.25 bits per heavy atom. The highest BCUT2D eigenvalue weighted by Crippen LogP contribution is 2.59. The fraction of sp³-hybridized carbons (Fsp3) is 0.667. The first kappa shape index (κ1) is 28.4. The van der Waals surface area contributed by atoms with Gasteiger partial charge in [-0.05, 0) is 99.7 Å². The van der Waals surface area contributed by atoms with Crippen molar-refractivity contribution >= 4 is 11.9 Å². The number of aliphatic hydroxyl groups is 2. The summed E-state index contributed by atoms with van der Waals surface area (Å²) in [6.45, 7) is 13.7. The molecule has 0 bridgehead atoms. The average Bonchev–Trinajstić information content (AvgIpc) is 3.16. The first-order chi connectivity index (χ1) is 16.9. The topological polar surface area (TPSA) is 93.1 Å². The Kier molecular flexibility index (Phi) is 9.05. The van der Waals surface area contributed by atoms with Crippen LogP contribution in [0.15, 0.2) is 47.6 Å². The Hall–Kier alpha value is -2.18. The smallest absolute Gasteiger partial charge is 0.435 e. The highest BCUT2D eigenvalue weighted by Gasteiger charge is 2.50. The van der Waals surface area contributed by atoms with Crippen molar-refractivity contribution in [2.45, 2.75) is 97.4 Å². The molecule has 6 nitrogen and oxygen atoms in total. The molecule has 0 aliphatic heterocycles. The number of ketones is 1. The maximum atomic E-state index is 12.8. The molecule has 6 heteroatoms. The van der Waals surface area contributed by atoms with Crippen molar-refractivity contribution in [2.24, 2.45) is 23.2 Å². The molecule has 0 spiro atoms. The van der Waals surface area contributed by atoms with Crippen molar-refractivity contribution in [3.05, 3.63) is 47.6 Å². The second-order valence-electron chi connectivity index (χ2n) is 11.5. The van der Waals surface area contributed by atoms with Crippen LogP contribution < -0.4 is 0 Å². The Morgan fingerprint density at radius 2 is 1.97 bits per heavy atom. The number of ether oxygens (including phenoxy) is 2. The molecule has 6 atom stereocenters. The van der Waals surface area contributed by atoms with Crippen molar-refractivity contribution < 1.29 is 29.3 Å². The molecule has 0 aromatic rings. The molecule has 2 unspecified atom stereocenters. The van der Waals surface area contributed by atoms with Gasteiger partial charge in [0.05, 0.1) is 18.8 Å². The predicted octanol–water partition coefficient (Wildman–Crippen LogP) is 5.84. The normalized spacial score (nSPS) is 34.1. The van der Waals surface area contributed by atoms with Crippen LogP contribution in [0.4, 0.5) is 4.79 Å². The number of carbonyl (C=O) groups is 2. The lowest BCUT2D eigenvalue weighted by molar-refractivity contribution is -0.131. The highest BCUT2D eigenvalue weighted by molar-refractivity contribution is 5.97. The van der Waals surface area contributed by atoms with Gasteiger partial charge in [-0.1, -0.05) is 44.2 Å². The largest absolute Gasteiger partial charge is 0.509 e. The van der Waals surface area contributed by atoms with E-state index in [9.17, 15) is 19.8 Å². The van der Waals surface area contributed by atoms with Crippen LogP contribution in [0.2, 0.25) is 0 Å². The number of hydrogen-bond acceptors (Lipinski definition) is 6. The van der Waals surface area contributed by atoms with E-state index in [4.69, 9.17) is 9.47 Å². The summed E-state index contributed by atoms with van der Waals surface area (Å²) in [6, 6.07) is 0. The summed E-state index contributed by atoms with van der Waals surface area (Å²) in [5.41, 5.74) is 1.98. The van der Waals surface area contributed by atoms with Crippen LogP contribution in [0.25, 0.3) is 0 Å². The van der Waals surface area contributed by atoms with Gasteiger partial charge in [0.25, 0.3) is 0 Å². The number of rotatable bonds is 7. The van der Waals surface area contributed by atoms with Crippen molar-refractivity contribution in [3.63, 3.8) is 0 Å². The van der Waals surface area contributed by atoms with Crippen LogP contribution in [0.5, 0.6) is 0 Å². The molecule has 3 rings (SSSR count). The third-order valence-corrected chi connectivity index (χ3v) is 8.68. The van der Waals surface area contributed by atoms with Crippen molar-refractivity contribution in [1.29, 1.82) is 0 Å². The minimum Gasteiger partial charge on any atom is -0.435 e. The van der Waals surface area contributed by atoms with Crippen LogP contribution in [0, 0.1) is 23.2 Å². The first-order valence-corrected chi connectivity index (χ1v) is 13.4.